The van der Waals surface area contributed by atoms with E-state index in [1.54, 1.807) is 25.4 Å². The van der Waals surface area contributed by atoms with Crippen LogP contribution in [0.3, 0.4) is 0 Å². The molecule has 0 aliphatic carbocycles. The molecular formula is C17H22ClN6O2S-. The first-order valence-corrected chi connectivity index (χ1v) is 10.1. The maximum atomic E-state index is 11.3. The molecule has 2 aromatic rings. The lowest BCUT2D eigenvalue weighted by Gasteiger charge is -2.25. The second-order valence-corrected chi connectivity index (χ2v) is 8.41. The van der Waals surface area contributed by atoms with Gasteiger partial charge in [-0.05, 0) is 49.2 Å². The molecule has 1 unspecified atom stereocenters. The van der Waals surface area contributed by atoms with E-state index in [1.807, 2.05) is 20.8 Å². The zero-order valence-electron chi connectivity index (χ0n) is 15.6. The number of azide groups is 1. The number of ether oxygens (including phenoxy) is 1. The summed E-state index contributed by atoms with van der Waals surface area (Å²) >= 11 is 6.09. The zero-order valence-corrected chi connectivity index (χ0v) is 17.2. The van der Waals surface area contributed by atoms with Crippen LogP contribution in [0.2, 0.25) is 5.15 Å². The summed E-state index contributed by atoms with van der Waals surface area (Å²) in [4.78, 5) is 11.5. The molecular weight excluding hydrogens is 388 g/mol. The lowest BCUT2D eigenvalue weighted by molar-refractivity contribution is 0.205. The van der Waals surface area contributed by atoms with Gasteiger partial charge < -0.3 is 13.7 Å². The standard InChI is InChI=1S/C17H22ClN6O2S/c1-5-17(4,23-24-19)14-9-22-16(13-8-21-15(18)7-12(13)14)26-10(2)6-11(3)27(20)25/h7-11,20H,5-6H2,1-4H3/q-1/t10-,11-,17?/m1/s1. The molecule has 0 aromatic carbocycles. The Balaban J connectivity index is 2.53. The third-order valence-electron chi connectivity index (χ3n) is 4.58. The minimum atomic E-state index is -1.66. The first-order valence-electron chi connectivity index (χ1n) is 8.51. The minimum Gasteiger partial charge on any atom is -0.474 e. The van der Waals surface area contributed by atoms with E-state index in [2.05, 4.69) is 20.0 Å². The van der Waals surface area contributed by atoms with E-state index in [4.69, 9.17) is 26.6 Å². The quantitative estimate of drug-likeness (QED) is 0.203. The lowest BCUT2D eigenvalue weighted by Crippen LogP contribution is -2.21. The second kappa shape index (κ2) is 8.73. The van der Waals surface area contributed by atoms with Crippen LogP contribution < -0.4 is 4.74 Å². The van der Waals surface area contributed by atoms with Gasteiger partial charge in [0.1, 0.15) is 5.15 Å². The highest BCUT2D eigenvalue weighted by atomic mass is 35.5. The molecule has 0 saturated carbocycles. The molecule has 0 amide bonds. The maximum Gasteiger partial charge on any atom is 0.223 e. The van der Waals surface area contributed by atoms with Crippen LogP contribution in [0.4, 0.5) is 0 Å². The highest BCUT2D eigenvalue weighted by molar-refractivity contribution is 7.74. The number of hydrogen-bond donors (Lipinski definition) is 1. The molecule has 10 heteroatoms. The molecule has 0 aliphatic rings. The number of nitrogens with one attached hydrogen (secondary N) is 1. The van der Waals surface area contributed by atoms with E-state index in [0.29, 0.717) is 29.3 Å². The van der Waals surface area contributed by atoms with Crippen molar-refractivity contribution < 1.29 is 8.95 Å². The topological polar surface area (TPSA) is 125 Å². The van der Waals surface area contributed by atoms with Gasteiger partial charge in [0.2, 0.25) is 5.88 Å². The Hall–Kier alpha value is -2.09. The van der Waals surface area contributed by atoms with Crippen LogP contribution in [0.5, 0.6) is 5.88 Å². The largest absolute Gasteiger partial charge is 0.474 e. The van der Waals surface area contributed by atoms with Crippen LogP contribution in [0.15, 0.2) is 23.6 Å². The number of aromatic nitrogens is 2. The van der Waals surface area contributed by atoms with Crippen molar-refractivity contribution in [2.24, 2.45) is 5.11 Å². The number of nitrogens with zero attached hydrogens (tertiary/aromatic N) is 5. The molecule has 1 N–H and O–H groups in total. The number of fused-ring (bicyclic) bond motifs is 1. The zero-order chi connectivity index (χ0) is 20.2. The molecule has 3 atom stereocenters. The van der Waals surface area contributed by atoms with Crippen LogP contribution in [-0.2, 0) is 20.3 Å². The third-order valence-corrected chi connectivity index (χ3v) is 5.71. The molecule has 0 saturated heterocycles. The lowest BCUT2D eigenvalue weighted by atomic mass is 9.88. The van der Waals surface area contributed by atoms with Gasteiger partial charge in [-0.15, -0.1) is 0 Å². The van der Waals surface area contributed by atoms with Crippen molar-refractivity contribution >= 4 is 33.0 Å². The summed E-state index contributed by atoms with van der Waals surface area (Å²) in [5.41, 5.74) is 8.91. The molecule has 27 heavy (non-hydrogen) atoms. The predicted molar refractivity (Wildman–Crippen MR) is 106 cm³/mol. The maximum absolute atomic E-state index is 11.3. The Morgan fingerprint density at radius 1 is 1.41 bits per heavy atom. The molecule has 146 valence electrons. The van der Waals surface area contributed by atoms with Crippen LogP contribution in [0, 0.1) is 4.78 Å². The minimum absolute atomic E-state index is 0.291. The Bertz CT molecular complexity index is 952. The van der Waals surface area contributed by atoms with Crippen molar-refractivity contribution in [3.63, 3.8) is 0 Å². The Morgan fingerprint density at radius 3 is 2.70 bits per heavy atom. The van der Waals surface area contributed by atoms with Crippen molar-refractivity contribution in [3.8, 4) is 5.88 Å². The Kier molecular flexibility index (Phi) is 6.86. The molecule has 2 aromatic heterocycles. The fourth-order valence-electron chi connectivity index (χ4n) is 2.82. The van der Waals surface area contributed by atoms with Crippen molar-refractivity contribution in [2.45, 2.75) is 57.4 Å². The smallest absolute Gasteiger partial charge is 0.223 e. The highest BCUT2D eigenvalue weighted by Gasteiger charge is 2.27. The molecule has 0 bridgehead atoms. The van der Waals surface area contributed by atoms with Gasteiger partial charge in [0.25, 0.3) is 0 Å². The van der Waals surface area contributed by atoms with Gasteiger partial charge >= 0.3 is 0 Å². The third kappa shape index (κ3) is 4.80. The second-order valence-electron chi connectivity index (χ2n) is 6.62. The normalized spacial score (nSPS) is 15.8. The number of pyridine rings is 2. The first kappa shape index (κ1) is 21.2. The predicted octanol–water partition coefficient (Wildman–Crippen LogP) is 5.49. The summed E-state index contributed by atoms with van der Waals surface area (Å²) < 4.78 is 24.5. The monoisotopic (exact) mass is 409 g/mol. The van der Waals surface area contributed by atoms with Crippen LogP contribution >= 0.6 is 11.6 Å². The van der Waals surface area contributed by atoms with Crippen molar-refractivity contribution in [1.29, 1.82) is 4.78 Å². The van der Waals surface area contributed by atoms with Gasteiger partial charge in [-0.2, -0.15) is 10.6 Å². The average Bonchev–Trinajstić information content (AvgIpc) is 2.61. The van der Waals surface area contributed by atoms with Crippen molar-refractivity contribution in [1.82, 2.24) is 9.97 Å². The molecule has 2 heterocycles. The summed E-state index contributed by atoms with van der Waals surface area (Å²) in [5, 5.41) is 5.35. The average molecular weight is 410 g/mol. The molecule has 2 rings (SSSR count). The van der Waals surface area contributed by atoms with E-state index < -0.39 is 16.1 Å². The Labute approximate surface area is 164 Å². The summed E-state index contributed by atoms with van der Waals surface area (Å²) in [6.07, 6.45) is 3.95. The summed E-state index contributed by atoms with van der Waals surface area (Å²) in [6.45, 7) is 7.35. The van der Waals surface area contributed by atoms with Gasteiger partial charge in [-0.1, -0.05) is 35.8 Å². The van der Waals surface area contributed by atoms with Gasteiger partial charge in [0.05, 0.1) is 17.0 Å². The van der Waals surface area contributed by atoms with Crippen molar-refractivity contribution in [3.05, 3.63) is 39.6 Å². The summed E-state index contributed by atoms with van der Waals surface area (Å²) in [5.74, 6) is 0.368. The van der Waals surface area contributed by atoms with Gasteiger partial charge in [0, 0.05) is 17.3 Å². The SMILES string of the molecule is CCC(C)(N=[N+]=[N-])c1cnc(O[C@H](C)C[C@@H](C)[S-](=N)=O)c2cnc(Cl)cc12. The van der Waals surface area contributed by atoms with Gasteiger partial charge in [-0.3, -0.25) is 0 Å². The van der Waals surface area contributed by atoms with E-state index in [9.17, 15) is 4.21 Å². The summed E-state index contributed by atoms with van der Waals surface area (Å²) in [7, 11) is -1.66. The number of hydrogen-bond acceptors (Lipinski definition) is 7. The van der Waals surface area contributed by atoms with E-state index >= 15 is 0 Å². The fourth-order valence-corrected chi connectivity index (χ4v) is 3.42. The molecule has 0 fully saturated rings. The molecule has 8 nitrogen and oxygen atoms in total. The van der Waals surface area contributed by atoms with E-state index in [-0.39, 0.29) is 11.4 Å². The molecule has 0 spiro atoms. The van der Waals surface area contributed by atoms with Crippen molar-refractivity contribution in [2.75, 3.05) is 0 Å². The van der Waals surface area contributed by atoms with Crippen LogP contribution in [0.1, 0.15) is 46.1 Å². The number of rotatable bonds is 8. The number of halogens is 1. The first-order chi connectivity index (χ1) is 12.7. The van der Waals surface area contributed by atoms with Crippen LogP contribution in [-0.4, -0.2) is 21.3 Å². The van der Waals surface area contributed by atoms with Gasteiger partial charge in [0.15, 0.2) is 0 Å². The van der Waals surface area contributed by atoms with E-state index in [1.165, 1.54) is 0 Å². The molecule has 0 aliphatic heterocycles. The van der Waals surface area contributed by atoms with Crippen LogP contribution in [0.25, 0.3) is 21.2 Å². The fraction of sp³-hybridized carbons (Fsp3) is 0.529. The van der Waals surface area contributed by atoms with E-state index in [0.717, 1.165) is 10.9 Å². The van der Waals surface area contributed by atoms with Gasteiger partial charge in [-0.25, -0.2) is 9.97 Å². The summed E-state index contributed by atoms with van der Waals surface area (Å²) in [6, 6.07) is 1.70. The highest BCUT2D eigenvalue weighted by Crippen LogP contribution is 2.37. The Morgan fingerprint density at radius 2 is 2.11 bits per heavy atom. The molecule has 0 radical (unpaired) electrons.